The van der Waals surface area contributed by atoms with Crippen molar-refractivity contribution in [2.24, 2.45) is 0 Å². The molecule has 2 N–H and O–H groups in total. The Morgan fingerprint density at radius 1 is 1.70 bits per heavy atom. The van der Waals surface area contributed by atoms with Gasteiger partial charge >= 0.3 is 12.4 Å². The molecule has 0 fully saturated rings. The van der Waals surface area contributed by atoms with Crippen LogP contribution in [0, 0.1) is 0 Å². The number of carbonyl (C=O) groups excluding carboxylic acids is 2. The van der Waals surface area contributed by atoms with Crippen molar-refractivity contribution >= 4 is 12.4 Å². The number of aliphatic hydroxyl groups is 2. The van der Waals surface area contributed by atoms with E-state index in [1.165, 1.54) is 6.92 Å². The van der Waals surface area contributed by atoms with Gasteiger partial charge in [0.1, 0.15) is 0 Å². The fraction of sp³-hybridized carbons (Fsp3) is 0.600. The molecular weight excluding hydrogens is 140 g/mol. The van der Waals surface area contributed by atoms with Gasteiger partial charge in [0.25, 0.3) is 5.79 Å². The third-order valence-electron chi connectivity index (χ3n) is 0.975. The maximum atomic E-state index is 10.3. The van der Waals surface area contributed by atoms with Crippen LogP contribution in [0.15, 0.2) is 0 Å². The number of carbonyl (C=O) groups is 2. The molecule has 0 amide bonds. The predicted molar refractivity (Wildman–Crippen MR) is 29.6 cm³/mol. The summed E-state index contributed by atoms with van der Waals surface area (Å²) in [6.45, 7) is 1.21. The van der Waals surface area contributed by atoms with Gasteiger partial charge in [0.15, 0.2) is 0 Å². The summed E-state index contributed by atoms with van der Waals surface area (Å²) in [7, 11) is 0. The number of rotatable bonds is 3. The van der Waals surface area contributed by atoms with E-state index in [1.807, 2.05) is 0 Å². The second-order valence-corrected chi connectivity index (χ2v) is 1.67. The van der Waals surface area contributed by atoms with Crippen molar-refractivity contribution in [2.45, 2.75) is 19.1 Å². The Morgan fingerprint density at radius 3 is 2.50 bits per heavy atom. The van der Waals surface area contributed by atoms with E-state index < -0.39 is 11.8 Å². The van der Waals surface area contributed by atoms with Crippen LogP contribution in [0.25, 0.3) is 0 Å². The molecule has 0 saturated heterocycles. The minimum Gasteiger partial charge on any atom is -0.391 e. The summed E-state index contributed by atoms with van der Waals surface area (Å²) in [5.41, 5.74) is 0. The van der Waals surface area contributed by atoms with Crippen molar-refractivity contribution in [1.29, 1.82) is 0 Å². The van der Waals surface area contributed by atoms with E-state index >= 15 is 0 Å². The molecule has 0 atom stereocenters. The van der Waals surface area contributed by atoms with Gasteiger partial charge in [-0.3, -0.25) is 4.79 Å². The zero-order chi connectivity index (χ0) is 8.20. The molecule has 0 aliphatic carbocycles. The third-order valence-corrected chi connectivity index (χ3v) is 0.975. The standard InChI is InChI=1S/C5H8O5/c1-2-5(8,9)4(7)10-3-6/h3,8-9H,2H2,1H3. The average Bonchev–Trinajstić information content (AvgIpc) is 1.89. The van der Waals surface area contributed by atoms with Crippen molar-refractivity contribution in [3.8, 4) is 0 Å². The Balaban J connectivity index is 4.03. The van der Waals surface area contributed by atoms with Gasteiger partial charge in [0.05, 0.1) is 0 Å². The molecule has 0 aromatic heterocycles. The van der Waals surface area contributed by atoms with Gasteiger partial charge in [-0.15, -0.1) is 0 Å². The molecule has 0 bridgehead atoms. The molecule has 5 nitrogen and oxygen atoms in total. The van der Waals surface area contributed by atoms with Gasteiger partial charge < -0.3 is 14.9 Å². The lowest BCUT2D eigenvalue weighted by Gasteiger charge is -2.14. The summed E-state index contributed by atoms with van der Waals surface area (Å²) >= 11 is 0. The molecule has 0 spiro atoms. The second-order valence-electron chi connectivity index (χ2n) is 1.67. The van der Waals surface area contributed by atoms with Crippen LogP contribution in [0.3, 0.4) is 0 Å². The molecule has 0 unspecified atom stereocenters. The monoisotopic (exact) mass is 148 g/mol. The van der Waals surface area contributed by atoms with Crippen molar-refractivity contribution in [1.82, 2.24) is 0 Å². The molecule has 0 radical (unpaired) electrons. The van der Waals surface area contributed by atoms with Gasteiger partial charge in [-0.2, -0.15) is 0 Å². The molecule has 0 saturated carbocycles. The summed E-state index contributed by atoms with van der Waals surface area (Å²) < 4.78 is 3.68. The third kappa shape index (κ3) is 2.12. The molecule has 0 aromatic rings. The lowest BCUT2D eigenvalue weighted by Crippen LogP contribution is -2.38. The summed E-state index contributed by atoms with van der Waals surface area (Å²) in [5.74, 6) is -3.90. The molecule has 0 rings (SSSR count). The lowest BCUT2D eigenvalue weighted by molar-refractivity contribution is -0.208. The molecule has 0 aromatic carbocycles. The molecule has 0 aliphatic rings. The van der Waals surface area contributed by atoms with Crippen LogP contribution >= 0.6 is 0 Å². The van der Waals surface area contributed by atoms with Gasteiger partial charge in [-0.1, -0.05) is 6.92 Å². The fourth-order valence-corrected chi connectivity index (χ4v) is 0.282. The van der Waals surface area contributed by atoms with Crippen LogP contribution < -0.4 is 0 Å². The van der Waals surface area contributed by atoms with Gasteiger partial charge in [-0.25, -0.2) is 4.79 Å². The normalized spacial score (nSPS) is 10.7. The van der Waals surface area contributed by atoms with Gasteiger partial charge in [-0.05, 0) is 0 Å². The minimum absolute atomic E-state index is 0.154. The van der Waals surface area contributed by atoms with Gasteiger partial charge in [0.2, 0.25) is 0 Å². The fourth-order valence-electron chi connectivity index (χ4n) is 0.282. The summed E-state index contributed by atoms with van der Waals surface area (Å²) in [6.07, 6.45) is -0.223. The van der Waals surface area contributed by atoms with Crippen LogP contribution in [0.1, 0.15) is 13.3 Å². The minimum atomic E-state index is -2.54. The number of ether oxygens (including phenoxy) is 1. The lowest BCUT2D eigenvalue weighted by atomic mass is 10.2. The Kier molecular flexibility index (Phi) is 2.98. The summed E-state index contributed by atoms with van der Waals surface area (Å²) in [5, 5.41) is 17.3. The molecule has 10 heavy (non-hydrogen) atoms. The maximum absolute atomic E-state index is 10.3. The second kappa shape index (κ2) is 3.28. The molecule has 58 valence electrons. The first-order valence-electron chi connectivity index (χ1n) is 2.64. The number of hydrogen-bond acceptors (Lipinski definition) is 5. The van der Waals surface area contributed by atoms with E-state index in [2.05, 4.69) is 4.74 Å². The van der Waals surface area contributed by atoms with Crippen molar-refractivity contribution in [2.75, 3.05) is 0 Å². The molecular formula is C5H8O5. The molecule has 5 heteroatoms. The van der Waals surface area contributed by atoms with Crippen molar-refractivity contribution in [3.05, 3.63) is 0 Å². The smallest absolute Gasteiger partial charge is 0.373 e. The quantitative estimate of drug-likeness (QED) is 0.227. The largest absolute Gasteiger partial charge is 0.391 e. The van der Waals surface area contributed by atoms with Crippen molar-refractivity contribution < 1.29 is 24.5 Å². The van der Waals surface area contributed by atoms with E-state index in [-0.39, 0.29) is 12.9 Å². The Hall–Kier alpha value is -0.940. The van der Waals surface area contributed by atoms with E-state index in [0.29, 0.717) is 0 Å². The van der Waals surface area contributed by atoms with E-state index in [4.69, 9.17) is 10.2 Å². The first kappa shape index (κ1) is 9.06. The number of hydrogen-bond donors (Lipinski definition) is 2. The summed E-state index contributed by atoms with van der Waals surface area (Å²) in [6, 6.07) is 0. The topological polar surface area (TPSA) is 83.8 Å². The Bertz CT molecular complexity index is 139. The Labute approximate surface area is 57.2 Å². The van der Waals surface area contributed by atoms with Crippen LogP contribution in [0.2, 0.25) is 0 Å². The highest BCUT2D eigenvalue weighted by atomic mass is 16.6. The van der Waals surface area contributed by atoms with E-state index in [0.717, 1.165) is 0 Å². The highest BCUT2D eigenvalue weighted by Gasteiger charge is 2.32. The first-order chi connectivity index (χ1) is 4.54. The van der Waals surface area contributed by atoms with Crippen LogP contribution in [-0.2, 0) is 14.3 Å². The zero-order valence-electron chi connectivity index (χ0n) is 5.40. The van der Waals surface area contributed by atoms with E-state index in [1.54, 1.807) is 0 Å². The first-order valence-corrected chi connectivity index (χ1v) is 2.64. The van der Waals surface area contributed by atoms with Crippen molar-refractivity contribution in [3.63, 3.8) is 0 Å². The highest BCUT2D eigenvalue weighted by molar-refractivity contribution is 5.82. The number of esters is 1. The highest BCUT2D eigenvalue weighted by Crippen LogP contribution is 2.05. The molecule has 0 aliphatic heterocycles. The summed E-state index contributed by atoms with van der Waals surface area (Å²) in [4.78, 5) is 19.9. The van der Waals surface area contributed by atoms with Crippen LogP contribution in [-0.4, -0.2) is 28.4 Å². The van der Waals surface area contributed by atoms with Gasteiger partial charge in [0, 0.05) is 6.42 Å². The molecule has 0 heterocycles. The Morgan fingerprint density at radius 2 is 2.20 bits per heavy atom. The SMILES string of the molecule is CCC(O)(O)C(=O)OC=O. The predicted octanol–water partition coefficient (Wildman–Crippen LogP) is -1.22. The maximum Gasteiger partial charge on any atom is 0.373 e. The zero-order valence-corrected chi connectivity index (χ0v) is 5.40. The average molecular weight is 148 g/mol. The van der Waals surface area contributed by atoms with Crippen LogP contribution in [0.4, 0.5) is 0 Å². The van der Waals surface area contributed by atoms with Crippen LogP contribution in [0.5, 0.6) is 0 Å². The van der Waals surface area contributed by atoms with E-state index in [9.17, 15) is 9.59 Å².